The van der Waals surface area contributed by atoms with E-state index >= 15 is 0 Å². The number of nitrogens with zero attached hydrogens (tertiary/aromatic N) is 1. The molecule has 0 fully saturated rings. The molecule has 1 N–H and O–H groups in total. The topological polar surface area (TPSA) is 50.8 Å². The van der Waals surface area contributed by atoms with Gasteiger partial charge in [0, 0.05) is 25.8 Å². The van der Waals surface area contributed by atoms with Crippen molar-refractivity contribution < 1.29 is 14.3 Å². The quantitative estimate of drug-likeness (QED) is 0.712. The number of anilines is 1. The lowest BCUT2D eigenvalue weighted by Gasteiger charge is -2.19. The van der Waals surface area contributed by atoms with Crippen LogP contribution in [0.5, 0.6) is 11.5 Å². The standard InChI is InChI=1S/C20H26N2O3/c1-16(25-19-12-10-18(24-3)11-13-19)20(23)21-14-7-15-22(2)17-8-5-4-6-9-17/h4-6,8-13,16H,7,14-15H2,1-3H3,(H,21,23). The first-order valence-corrected chi connectivity index (χ1v) is 8.45. The molecule has 0 aliphatic heterocycles. The van der Waals surface area contributed by atoms with Crippen molar-refractivity contribution >= 4 is 11.6 Å². The normalized spacial score (nSPS) is 11.5. The van der Waals surface area contributed by atoms with E-state index in [1.165, 1.54) is 5.69 Å². The molecule has 1 atom stereocenters. The minimum Gasteiger partial charge on any atom is -0.497 e. The highest BCUT2D eigenvalue weighted by Gasteiger charge is 2.14. The zero-order chi connectivity index (χ0) is 18.1. The van der Waals surface area contributed by atoms with Crippen LogP contribution in [0, 0.1) is 0 Å². The summed E-state index contributed by atoms with van der Waals surface area (Å²) in [5.41, 5.74) is 1.17. The molecule has 5 nitrogen and oxygen atoms in total. The molecular weight excluding hydrogens is 316 g/mol. The van der Waals surface area contributed by atoms with Crippen LogP contribution in [0.25, 0.3) is 0 Å². The molecule has 25 heavy (non-hydrogen) atoms. The van der Waals surface area contributed by atoms with Crippen LogP contribution in [0.2, 0.25) is 0 Å². The number of para-hydroxylation sites is 1. The molecule has 0 aliphatic carbocycles. The van der Waals surface area contributed by atoms with Gasteiger partial charge in [0.25, 0.3) is 5.91 Å². The molecule has 1 amide bonds. The molecule has 0 spiro atoms. The van der Waals surface area contributed by atoms with Crippen LogP contribution < -0.4 is 19.7 Å². The van der Waals surface area contributed by atoms with E-state index in [-0.39, 0.29) is 5.91 Å². The summed E-state index contributed by atoms with van der Waals surface area (Å²) in [5, 5.41) is 2.92. The second-order valence-electron chi connectivity index (χ2n) is 5.84. The molecular formula is C20H26N2O3. The molecule has 2 aromatic carbocycles. The highest BCUT2D eigenvalue weighted by atomic mass is 16.5. The van der Waals surface area contributed by atoms with Crippen LogP contribution in [0.3, 0.4) is 0 Å². The smallest absolute Gasteiger partial charge is 0.260 e. The number of rotatable bonds is 9. The van der Waals surface area contributed by atoms with Gasteiger partial charge in [0.1, 0.15) is 11.5 Å². The summed E-state index contributed by atoms with van der Waals surface area (Å²) in [6, 6.07) is 17.4. The van der Waals surface area contributed by atoms with Crippen LogP contribution >= 0.6 is 0 Å². The van der Waals surface area contributed by atoms with Crippen molar-refractivity contribution in [2.45, 2.75) is 19.4 Å². The van der Waals surface area contributed by atoms with Gasteiger partial charge in [-0.2, -0.15) is 0 Å². The number of benzene rings is 2. The predicted molar refractivity (Wildman–Crippen MR) is 100 cm³/mol. The predicted octanol–water partition coefficient (Wildman–Crippen LogP) is 3.11. The molecule has 2 rings (SSSR count). The number of nitrogens with one attached hydrogen (secondary N) is 1. The van der Waals surface area contributed by atoms with E-state index in [4.69, 9.17) is 9.47 Å². The Bertz CT molecular complexity index is 644. The highest BCUT2D eigenvalue weighted by molar-refractivity contribution is 5.80. The first kappa shape index (κ1) is 18.6. The maximum atomic E-state index is 12.1. The molecule has 2 aromatic rings. The summed E-state index contributed by atoms with van der Waals surface area (Å²) < 4.78 is 10.7. The summed E-state index contributed by atoms with van der Waals surface area (Å²) in [6.45, 7) is 3.24. The molecule has 0 saturated heterocycles. The Balaban J connectivity index is 1.68. The molecule has 0 bridgehead atoms. The van der Waals surface area contributed by atoms with Crippen molar-refractivity contribution in [2.75, 3.05) is 32.1 Å². The fourth-order valence-corrected chi connectivity index (χ4v) is 2.40. The number of ether oxygens (including phenoxy) is 2. The summed E-state index contributed by atoms with van der Waals surface area (Å²) >= 11 is 0. The lowest BCUT2D eigenvalue weighted by Crippen LogP contribution is -2.37. The largest absolute Gasteiger partial charge is 0.497 e. The van der Waals surface area contributed by atoms with Crippen molar-refractivity contribution in [2.24, 2.45) is 0 Å². The summed E-state index contributed by atoms with van der Waals surface area (Å²) in [4.78, 5) is 14.3. The third kappa shape index (κ3) is 6.03. The number of carbonyl (C=O) groups is 1. The van der Waals surface area contributed by atoms with Crippen molar-refractivity contribution in [1.82, 2.24) is 5.32 Å². The zero-order valence-electron chi connectivity index (χ0n) is 15.1. The van der Waals surface area contributed by atoms with E-state index in [1.807, 2.05) is 25.2 Å². The van der Waals surface area contributed by atoms with E-state index in [0.717, 1.165) is 18.7 Å². The van der Waals surface area contributed by atoms with E-state index in [2.05, 4.69) is 22.3 Å². The second-order valence-corrected chi connectivity index (χ2v) is 5.84. The molecule has 0 heterocycles. The fraction of sp³-hybridized carbons (Fsp3) is 0.350. The molecule has 5 heteroatoms. The lowest BCUT2D eigenvalue weighted by atomic mass is 10.3. The summed E-state index contributed by atoms with van der Waals surface area (Å²) in [5.74, 6) is 1.29. The number of amides is 1. The molecule has 0 saturated carbocycles. The number of hydrogen-bond acceptors (Lipinski definition) is 4. The Morgan fingerprint density at radius 1 is 1.08 bits per heavy atom. The van der Waals surface area contributed by atoms with Crippen LogP contribution in [-0.4, -0.2) is 39.3 Å². The van der Waals surface area contributed by atoms with Gasteiger partial charge in [-0.3, -0.25) is 4.79 Å². The number of methoxy groups -OCH3 is 1. The lowest BCUT2D eigenvalue weighted by molar-refractivity contribution is -0.127. The van der Waals surface area contributed by atoms with Crippen LogP contribution in [-0.2, 0) is 4.79 Å². The maximum Gasteiger partial charge on any atom is 0.260 e. The average molecular weight is 342 g/mol. The molecule has 0 aromatic heterocycles. The Morgan fingerprint density at radius 3 is 2.36 bits per heavy atom. The SMILES string of the molecule is COc1ccc(OC(C)C(=O)NCCCN(C)c2ccccc2)cc1. The summed E-state index contributed by atoms with van der Waals surface area (Å²) in [6.07, 6.45) is 0.326. The average Bonchev–Trinajstić information content (AvgIpc) is 2.66. The van der Waals surface area contributed by atoms with Crippen LogP contribution in [0.4, 0.5) is 5.69 Å². The first-order valence-electron chi connectivity index (χ1n) is 8.45. The van der Waals surface area contributed by atoms with Gasteiger partial charge in [0.2, 0.25) is 0 Å². The Labute approximate surface area is 149 Å². The van der Waals surface area contributed by atoms with Gasteiger partial charge in [0.05, 0.1) is 7.11 Å². The third-order valence-electron chi connectivity index (χ3n) is 3.91. The highest BCUT2D eigenvalue weighted by Crippen LogP contribution is 2.18. The van der Waals surface area contributed by atoms with Crippen LogP contribution in [0.15, 0.2) is 54.6 Å². The van der Waals surface area contributed by atoms with E-state index in [1.54, 1.807) is 38.3 Å². The summed E-state index contributed by atoms with van der Waals surface area (Å²) in [7, 11) is 3.66. The minimum atomic E-state index is -0.541. The van der Waals surface area contributed by atoms with Gasteiger partial charge >= 0.3 is 0 Å². The maximum absolute atomic E-state index is 12.1. The van der Waals surface area contributed by atoms with Gasteiger partial charge < -0.3 is 19.7 Å². The molecule has 0 aliphatic rings. The van der Waals surface area contributed by atoms with Gasteiger partial charge in [-0.15, -0.1) is 0 Å². The van der Waals surface area contributed by atoms with Gasteiger partial charge in [-0.1, -0.05) is 18.2 Å². The number of hydrogen-bond donors (Lipinski definition) is 1. The van der Waals surface area contributed by atoms with E-state index in [0.29, 0.717) is 12.3 Å². The van der Waals surface area contributed by atoms with Gasteiger partial charge in [-0.05, 0) is 49.7 Å². The van der Waals surface area contributed by atoms with Gasteiger partial charge in [0.15, 0.2) is 6.10 Å². The third-order valence-corrected chi connectivity index (χ3v) is 3.91. The van der Waals surface area contributed by atoms with E-state index < -0.39 is 6.10 Å². The Hall–Kier alpha value is -2.69. The molecule has 0 radical (unpaired) electrons. The Kier molecular flexibility index (Phi) is 7.14. The monoisotopic (exact) mass is 342 g/mol. The zero-order valence-corrected chi connectivity index (χ0v) is 15.1. The van der Waals surface area contributed by atoms with Crippen molar-refractivity contribution in [3.05, 3.63) is 54.6 Å². The van der Waals surface area contributed by atoms with E-state index in [9.17, 15) is 4.79 Å². The van der Waals surface area contributed by atoms with Gasteiger partial charge in [-0.25, -0.2) is 0 Å². The van der Waals surface area contributed by atoms with Crippen molar-refractivity contribution in [1.29, 1.82) is 0 Å². The van der Waals surface area contributed by atoms with Crippen molar-refractivity contribution in [3.8, 4) is 11.5 Å². The first-order chi connectivity index (χ1) is 12.1. The van der Waals surface area contributed by atoms with Crippen molar-refractivity contribution in [3.63, 3.8) is 0 Å². The minimum absolute atomic E-state index is 0.113. The molecule has 1 unspecified atom stereocenters. The second kappa shape index (κ2) is 9.57. The number of carbonyl (C=O) groups excluding carboxylic acids is 1. The Morgan fingerprint density at radius 2 is 1.72 bits per heavy atom. The molecule has 134 valence electrons. The fourth-order valence-electron chi connectivity index (χ4n) is 2.40. The van der Waals surface area contributed by atoms with Crippen LogP contribution in [0.1, 0.15) is 13.3 Å².